The van der Waals surface area contributed by atoms with Gasteiger partial charge in [-0.25, -0.2) is 4.79 Å². The van der Waals surface area contributed by atoms with Crippen molar-refractivity contribution in [1.29, 1.82) is 0 Å². The normalized spacial score (nSPS) is 10.4. The summed E-state index contributed by atoms with van der Waals surface area (Å²) in [5.41, 5.74) is 5.95. The lowest BCUT2D eigenvalue weighted by atomic mass is 10.2. The Hall–Kier alpha value is -3.30. The quantitative estimate of drug-likeness (QED) is 0.588. The molecule has 0 atom stereocenters. The van der Waals surface area contributed by atoms with Gasteiger partial charge in [-0.15, -0.1) is 0 Å². The maximum absolute atomic E-state index is 12.6. The number of carbonyl (C=O) groups is 1. The first-order valence-corrected chi connectivity index (χ1v) is 9.30. The van der Waals surface area contributed by atoms with Crippen molar-refractivity contribution in [3.05, 3.63) is 23.5 Å². The molecule has 0 aliphatic rings. The van der Waals surface area contributed by atoms with E-state index in [1.165, 1.54) is 0 Å². The topological polar surface area (TPSA) is 122 Å². The summed E-state index contributed by atoms with van der Waals surface area (Å²) in [7, 11) is 3.55. The van der Waals surface area contributed by atoms with Crippen LogP contribution in [0.1, 0.15) is 37.0 Å². The molecular weight excluding hydrogens is 378 g/mol. The van der Waals surface area contributed by atoms with Crippen molar-refractivity contribution in [3.63, 3.8) is 0 Å². The molecule has 1 aromatic carbocycles. The third-order valence-electron chi connectivity index (χ3n) is 3.56. The summed E-state index contributed by atoms with van der Waals surface area (Å²) in [6.07, 6.45) is 0. The number of benzene rings is 1. The van der Waals surface area contributed by atoms with Gasteiger partial charge in [0.05, 0.1) is 25.4 Å². The molecule has 0 saturated carbocycles. The summed E-state index contributed by atoms with van der Waals surface area (Å²) in [5, 5.41) is 0. The van der Waals surface area contributed by atoms with Crippen molar-refractivity contribution in [1.82, 2.24) is 15.0 Å². The van der Waals surface area contributed by atoms with Gasteiger partial charge >= 0.3 is 5.97 Å². The minimum Gasteiger partial charge on any atom is -0.490 e. The van der Waals surface area contributed by atoms with Crippen LogP contribution in [0.3, 0.4) is 0 Å². The van der Waals surface area contributed by atoms with Crippen molar-refractivity contribution in [2.45, 2.75) is 27.4 Å². The van der Waals surface area contributed by atoms with Crippen LogP contribution < -0.4 is 24.8 Å². The van der Waals surface area contributed by atoms with E-state index >= 15 is 0 Å². The van der Waals surface area contributed by atoms with E-state index in [1.54, 1.807) is 31.1 Å². The highest BCUT2D eigenvalue weighted by atomic mass is 16.5. The summed E-state index contributed by atoms with van der Waals surface area (Å²) in [4.78, 5) is 26.5. The molecule has 0 spiro atoms. The Morgan fingerprint density at radius 3 is 2.07 bits per heavy atom. The molecule has 0 radical (unpaired) electrons. The molecule has 1 heterocycles. The molecule has 2 aromatic rings. The Kier molecular flexibility index (Phi) is 7.81. The molecule has 1 aromatic heterocycles. The molecular formula is C19H27N5O5. The minimum absolute atomic E-state index is 0.0491. The molecule has 0 aliphatic heterocycles. The van der Waals surface area contributed by atoms with E-state index < -0.39 is 5.97 Å². The number of esters is 1. The maximum Gasteiger partial charge on any atom is 0.338 e. The van der Waals surface area contributed by atoms with E-state index in [4.69, 9.17) is 24.7 Å². The highest BCUT2D eigenvalue weighted by Gasteiger charge is 2.19. The fraction of sp³-hybridized carbons (Fsp3) is 0.474. The Morgan fingerprint density at radius 1 is 0.966 bits per heavy atom. The summed E-state index contributed by atoms with van der Waals surface area (Å²) in [6, 6.07) is 3.12. The van der Waals surface area contributed by atoms with Gasteiger partial charge in [0.25, 0.3) is 0 Å². The Labute approximate surface area is 170 Å². The predicted octanol–water partition coefficient (Wildman–Crippen LogP) is 2.07. The van der Waals surface area contributed by atoms with Crippen LogP contribution in [0.4, 0.5) is 11.9 Å². The van der Waals surface area contributed by atoms with Gasteiger partial charge < -0.3 is 29.6 Å². The molecule has 0 amide bonds. The standard InChI is InChI=1S/C19H27N5O5/c1-6-26-13-9-12(10-14(27-7-2)16(13)28-8-3)17(25)29-11-15-21-18(20)23-19(22-15)24(4)5/h9-10H,6-8,11H2,1-5H3,(H2,20,21,22,23). The number of nitrogens with two attached hydrogens (primary N) is 1. The molecule has 29 heavy (non-hydrogen) atoms. The lowest BCUT2D eigenvalue weighted by Crippen LogP contribution is -2.17. The zero-order chi connectivity index (χ0) is 21.4. The number of nitrogens with zero attached hydrogens (tertiary/aromatic N) is 4. The summed E-state index contributed by atoms with van der Waals surface area (Å²) in [5.74, 6) is 1.36. The zero-order valence-electron chi connectivity index (χ0n) is 17.4. The molecule has 0 fully saturated rings. The average Bonchev–Trinajstić information content (AvgIpc) is 2.68. The van der Waals surface area contributed by atoms with E-state index in [-0.39, 0.29) is 23.9 Å². The van der Waals surface area contributed by atoms with Crippen LogP contribution in [0.15, 0.2) is 12.1 Å². The smallest absolute Gasteiger partial charge is 0.338 e. The lowest BCUT2D eigenvalue weighted by molar-refractivity contribution is 0.0461. The van der Waals surface area contributed by atoms with E-state index in [9.17, 15) is 4.79 Å². The van der Waals surface area contributed by atoms with Gasteiger partial charge in [-0.2, -0.15) is 15.0 Å². The van der Waals surface area contributed by atoms with Crippen molar-refractivity contribution in [2.24, 2.45) is 0 Å². The second-order valence-corrected chi connectivity index (χ2v) is 5.98. The highest BCUT2D eigenvalue weighted by molar-refractivity contribution is 5.91. The number of anilines is 2. The number of hydrogen-bond donors (Lipinski definition) is 1. The fourth-order valence-electron chi connectivity index (χ4n) is 2.41. The second-order valence-electron chi connectivity index (χ2n) is 5.98. The monoisotopic (exact) mass is 405 g/mol. The molecule has 2 rings (SSSR count). The third kappa shape index (κ3) is 5.84. The molecule has 0 unspecified atom stereocenters. The predicted molar refractivity (Wildman–Crippen MR) is 108 cm³/mol. The van der Waals surface area contributed by atoms with Gasteiger partial charge in [0.1, 0.15) is 0 Å². The van der Waals surface area contributed by atoms with Gasteiger partial charge in [0.15, 0.2) is 23.9 Å². The van der Waals surface area contributed by atoms with E-state index in [0.29, 0.717) is 43.0 Å². The number of aromatic nitrogens is 3. The summed E-state index contributed by atoms with van der Waals surface area (Å²) < 4.78 is 22.2. The second kappa shape index (κ2) is 10.3. The van der Waals surface area contributed by atoms with E-state index in [2.05, 4.69) is 15.0 Å². The molecule has 0 aliphatic carbocycles. The first-order chi connectivity index (χ1) is 13.9. The van der Waals surface area contributed by atoms with Crippen molar-refractivity contribution >= 4 is 17.9 Å². The van der Waals surface area contributed by atoms with Gasteiger partial charge in [-0.1, -0.05) is 0 Å². The number of rotatable bonds is 10. The van der Waals surface area contributed by atoms with Gasteiger partial charge in [-0.05, 0) is 32.9 Å². The average molecular weight is 405 g/mol. The SMILES string of the molecule is CCOc1cc(C(=O)OCc2nc(N)nc(N(C)C)n2)cc(OCC)c1OCC. The molecule has 158 valence electrons. The summed E-state index contributed by atoms with van der Waals surface area (Å²) >= 11 is 0. The Morgan fingerprint density at radius 2 is 1.55 bits per heavy atom. The van der Waals surface area contributed by atoms with Crippen LogP contribution in [0, 0.1) is 0 Å². The number of nitrogen functional groups attached to an aromatic ring is 1. The van der Waals surface area contributed by atoms with Crippen LogP contribution >= 0.6 is 0 Å². The lowest BCUT2D eigenvalue weighted by Gasteiger charge is -2.17. The Balaban J connectivity index is 2.25. The van der Waals surface area contributed by atoms with Crippen LogP contribution in [-0.2, 0) is 11.3 Å². The number of hydrogen-bond acceptors (Lipinski definition) is 10. The van der Waals surface area contributed by atoms with Crippen molar-refractivity contribution in [3.8, 4) is 17.2 Å². The fourth-order valence-corrected chi connectivity index (χ4v) is 2.41. The minimum atomic E-state index is -0.583. The van der Waals surface area contributed by atoms with Crippen LogP contribution in [-0.4, -0.2) is 54.8 Å². The molecule has 10 heteroatoms. The van der Waals surface area contributed by atoms with Gasteiger partial charge in [-0.3, -0.25) is 0 Å². The molecule has 0 saturated heterocycles. The third-order valence-corrected chi connectivity index (χ3v) is 3.56. The van der Waals surface area contributed by atoms with Crippen molar-refractivity contribution < 1.29 is 23.7 Å². The van der Waals surface area contributed by atoms with Crippen LogP contribution in [0.5, 0.6) is 17.2 Å². The number of carbonyl (C=O) groups excluding carboxylic acids is 1. The largest absolute Gasteiger partial charge is 0.490 e. The summed E-state index contributed by atoms with van der Waals surface area (Å²) in [6.45, 7) is 6.62. The molecule has 2 N–H and O–H groups in total. The molecule has 0 bridgehead atoms. The van der Waals surface area contributed by atoms with Crippen molar-refractivity contribution in [2.75, 3.05) is 44.5 Å². The van der Waals surface area contributed by atoms with Crippen LogP contribution in [0.25, 0.3) is 0 Å². The first-order valence-electron chi connectivity index (χ1n) is 9.30. The highest BCUT2D eigenvalue weighted by Crippen LogP contribution is 2.39. The van der Waals surface area contributed by atoms with E-state index in [1.807, 2.05) is 20.8 Å². The van der Waals surface area contributed by atoms with Gasteiger partial charge in [0.2, 0.25) is 17.6 Å². The van der Waals surface area contributed by atoms with E-state index in [0.717, 1.165) is 0 Å². The van der Waals surface area contributed by atoms with Crippen LogP contribution in [0.2, 0.25) is 0 Å². The zero-order valence-corrected chi connectivity index (χ0v) is 17.4. The van der Waals surface area contributed by atoms with Gasteiger partial charge in [0, 0.05) is 14.1 Å². The molecule has 10 nitrogen and oxygen atoms in total. The Bertz CT molecular complexity index is 817. The number of ether oxygens (including phenoxy) is 4. The maximum atomic E-state index is 12.6. The first kappa shape index (κ1) is 22.0.